The number of carbonyl (C=O) groups excluding carboxylic acids is 1. The molecular formula is C11H18N2O4. The maximum Gasteiger partial charge on any atom is 0.326 e. The van der Waals surface area contributed by atoms with Gasteiger partial charge in [0.25, 0.3) is 0 Å². The Balaban J connectivity index is 2.00. The Labute approximate surface area is 99.6 Å². The van der Waals surface area contributed by atoms with Gasteiger partial charge in [-0.3, -0.25) is 0 Å². The molecule has 2 amide bonds. The van der Waals surface area contributed by atoms with Crippen molar-refractivity contribution < 1.29 is 19.8 Å². The van der Waals surface area contributed by atoms with E-state index in [1.54, 1.807) is 0 Å². The maximum atomic E-state index is 12.0. The Kier molecular flexibility index (Phi) is 2.99. The van der Waals surface area contributed by atoms with Gasteiger partial charge in [-0.2, -0.15) is 0 Å². The van der Waals surface area contributed by atoms with Gasteiger partial charge in [-0.25, -0.2) is 9.59 Å². The third-order valence-electron chi connectivity index (χ3n) is 3.69. The summed E-state index contributed by atoms with van der Waals surface area (Å²) < 4.78 is 0. The summed E-state index contributed by atoms with van der Waals surface area (Å²) in [7, 11) is 0. The summed E-state index contributed by atoms with van der Waals surface area (Å²) in [6, 6.07) is -1.29. The summed E-state index contributed by atoms with van der Waals surface area (Å²) in [5.74, 6) is -1.06. The SMILES string of the molecule is CC1(NC(=O)N2CC(O)CC2C(=O)O)CCC1. The standard InChI is InChI=1S/C11H18N2O4/c1-11(3-2-4-11)12-10(17)13-6-7(14)5-8(13)9(15)16/h7-8,14H,2-6H2,1H3,(H,12,17)(H,15,16). The number of β-amino-alcohol motifs (C(OH)–C–C–N with tert-alkyl or cyclic N) is 1. The number of nitrogens with zero attached hydrogens (tertiary/aromatic N) is 1. The van der Waals surface area contributed by atoms with Gasteiger partial charge in [-0.15, -0.1) is 0 Å². The quantitative estimate of drug-likeness (QED) is 0.643. The predicted molar refractivity (Wildman–Crippen MR) is 59.5 cm³/mol. The minimum Gasteiger partial charge on any atom is -0.480 e. The number of hydrogen-bond acceptors (Lipinski definition) is 3. The second-order valence-electron chi connectivity index (χ2n) is 5.24. The zero-order chi connectivity index (χ0) is 12.6. The monoisotopic (exact) mass is 242 g/mol. The Morgan fingerprint density at radius 2 is 2.06 bits per heavy atom. The van der Waals surface area contributed by atoms with Crippen LogP contribution in [0, 0.1) is 0 Å². The summed E-state index contributed by atoms with van der Waals surface area (Å²) in [5.41, 5.74) is -0.201. The summed E-state index contributed by atoms with van der Waals surface area (Å²) in [4.78, 5) is 24.2. The van der Waals surface area contributed by atoms with Crippen LogP contribution < -0.4 is 5.32 Å². The average Bonchev–Trinajstić information content (AvgIpc) is 2.58. The smallest absolute Gasteiger partial charge is 0.326 e. The van der Waals surface area contributed by atoms with E-state index in [9.17, 15) is 14.7 Å². The highest BCUT2D eigenvalue weighted by Crippen LogP contribution is 2.31. The Morgan fingerprint density at radius 3 is 2.53 bits per heavy atom. The molecule has 1 aliphatic heterocycles. The molecule has 96 valence electrons. The van der Waals surface area contributed by atoms with E-state index in [4.69, 9.17) is 5.11 Å². The van der Waals surface area contributed by atoms with Crippen LogP contribution in [0.4, 0.5) is 4.79 Å². The molecule has 3 N–H and O–H groups in total. The highest BCUT2D eigenvalue weighted by molar-refractivity contribution is 5.83. The third kappa shape index (κ3) is 2.36. The second kappa shape index (κ2) is 4.18. The number of urea groups is 1. The molecule has 0 aromatic heterocycles. The zero-order valence-corrected chi connectivity index (χ0v) is 9.85. The summed E-state index contributed by atoms with van der Waals surface area (Å²) in [5, 5.41) is 21.3. The van der Waals surface area contributed by atoms with Crippen LogP contribution in [0.2, 0.25) is 0 Å². The normalized spacial score (nSPS) is 30.8. The van der Waals surface area contributed by atoms with Gasteiger partial charge in [0.1, 0.15) is 6.04 Å². The fraction of sp³-hybridized carbons (Fsp3) is 0.818. The van der Waals surface area contributed by atoms with Crippen molar-refractivity contribution in [1.29, 1.82) is 0 Å². The molecule has 2 rings (SSSR count). The molecule has 1 heterocycles. The van der Waals surface area contributed by atoms with Crippen LogP contribution in [-0.4, -0.2) is 51.3 Å². The molecule has 17 heavy (non-hydrogen) atoms. The average molecular weight is 242 g/mol. The van der Waals surface area contributed by atoms with Gasteiger partial charge in [0.2, 0.25) is 0 Å². The number of carboxylic acids is 1. The molecule has 6 nitrogen and oxygen atoms in total. The number of rotatable bonds is 2. The first-order valence-electron chi connectivity index (χ1n) is 5.91. The lowest BCUT2D eigenvalue weighted by molar-refractivity contribution is -0.141. The minimum absolute atomic E-state index is 0.0961. The van der Waals surface area contributed by atoms with Gasteiger partial charge >= 0.3 is 12.0 Å². The lowest BCUT2D eigenvalue weighted by atomic mass is 9.79. The molecule has 0 aromatic rings. The van der Waals surface area contributed by atoms with Gasteiger partial charge < -0.3 is 20.4 Å². The first-order valence-corrected chi connectivity index (χ1v) is 5.91. The molecule has 0 radical (unpaired) electrons. The third-order valence-corrected chi connectivity index (χ3v) is 3.69. The maximum absolute atomic E-state index is 12.0. The Morgan fingerprint density at radius 1 is 1.41 bits per heavy atom. The molecular weight excluding hydrogens is 224 g/mol. The van der Waals surface area contributed by atoms with Crippen LogP contribution >= 0.6 is 0 Å². The van der Waals surface area contributed by atoms with Gasteiger partial charge in [-0.1, -0.05) is 0 Å². The molecule has 2 atom stereocenters. The number of carbonyl (C=O) groups is 2. The van der Waals surface area contributed by atoms with Gasteiger partial charge in [0.05, 0.1) is 6.10 Å². The number of amides is 2. The Bertz CT molecular complexity index is 340. The topological polar surface area (TPSA) is 89.9 Å². The van der Waals surface area contributed by atoms with E-state index >= 15 is 0 Å². The van der Waals surface area contributed by atoms with E-state index in [-0.39, 0.29) is 24.5 Å². The zero-order valence-electron chi connectivity index (χ0n) is 9.85. The number of aliphatic hydroxyl groups is 1. The largest absolute Gasteiger partial charge is 0.480 e. The van der Waals surface area contributed by atoms with Crippen LogP contribution in [0.25, 0.3) is 0 Å². The highest BCUT2D eigenvalue weighted by atomic mass is 16.4. The predicted octanol–water partition coefficient (Wildman–Crippen LogP) is 0.158. The van der Waals surface area contributed by atoms with E-state index in [0.717, 1.165) is 19.3 Å². The molecule has 1 saturated carbocycles. The van der Waals surface area contributed by atoms with Gasteiger partial charge in [0.15, 0.2) is 0 Å². The Hall–Kier alpha value is -1.30. The molecule has 0 aromatic carbocycles. The second-order valence-corrected chi connectivity index (χ2v) is 5.24. The molecule has 6 heteroatoms. The van der Waals surface area contributed by atoms with E-state index in [1.165, 1.54) is 4.90 Å². The number of aliphatic hydroxyl groups excluding tert-OH is 1. The molecule has 0 spiro atoms. The minimum atomic E-state index is -1.06. The fourth-order valence-corrected chi connectivity index (χ4v) is 2.43. The highest BCUT2D eigenvalue weighted by Gasteiger charge is 2.42. The molecule has 2 aliphatic rings. The van der Waals surface area contributed by atoms with Crippen molar-refractivity contribution in [1.82, 2.24) is 10.2 Å². The van der Waals surface area contributed by atoms with Crippen LogP contribution in [0.1, 0.15) is 32.6 Å². The van der Waals surface area contributed by atoms with Crippen LogP contribution in [0.5, 0.6) is 0 Å². The van der Waals surface area contributed by atoms with Crippen molar-refractivity contribution >= 4 is 12.0 Å². The fourth-order valence-electron chi connectivity index (χ4n) is 2.43. The van der Waals surface area contributed by atoms with Crippen molar-refractivity contribution in [3.8, 4) is 0 Å². The van der Waals surface area contributed by atoms with Crippen molar-refractivity contribution in [2.45, 2.75) is 50.3 Å². The van der Waals surface area contributed by atoms with Crippen LogP contribution in [0.15, 0.2) is 0 Å². The molecule has 2 fully saturated rings. The van der Waals surface area contributed by atoms with Gasteiger partial charge in [0, 0.05) is 18.5 Å². The van der Waals surface area contributed by atoms with Crippen LogP contribution in [-0.2, 0) is 4.79 Å². The molecule has 1 aliphatic carbocycles. The lowest BCUT2D eigenvalue weighted by Crippen LogP contribution is -2.57. The number of nitrogens with one attached hydrogen (secondary N) is 1. The van der Waals surface area contributed by atoms with E-state index in [2.05, 4.69) is 5.32 Å². The number of carboxylic acid groups (broad SMARTS) is 1. The van der Waals surface area contributed by atoms with E-state index < -0.39 is 18.1 Å². The van der Waals surface area contributed by atoms with Crippen LogP contribution in [0.3, 0.4) is 0 Å². The van der Waals surface area contributed by atoms with E-state index in [1.807, 2.05) is 6.92 Å². The lowest BCUT2D eigenvalue weighted by Gasteiger charge is -2.40. The summed E-state index contributed by atoms with van der Waals surface area (Å²) >= 11 is 0. The number of likely N-dealkylation sites (tertiary alicyclic amines) is 1. The molecule has 2 unspecified atom stereocenters. The van der Waals surface area contributed by atoms with Crippen molar-refractivity contribution in [3.05, 3.63) is 0 Å². The molecule has 0 bridgehead atoms. The van der Waals surface area contributed by atoms with E-state index in [0.29, 0.717) is 0 Å². The van der Waals surface area contributed by atoms with Gasteiger partial charge in [-0.05, 0) is 26.2 Å². The first-order chi connectivity index (χ1) is 7.91. The number of hydrogen-bond donors (Lipinski definition) is 3. The molecule has 1 saturated heterocycles. The van der Waals surface area contributed by atoms with Crippen molar-refractivity contribution in [3.63, 3.8) is 0 Å². The number of aliphatic carboxylic acids is 1. The van der Waals surface area contributed by atoms with Crippen molar-refractivity contribution in [2.24, 2.45) is 0 Å². The first kappa shape index (κ1) is 12.2. The summed E-state index contributed by atoms with van der Waals surface area (Å²) in [6.45, 7) is 2.05. The van der Waals surface area contributed by atoms with Crippen molar-refractivity contribution in [2.75, 3.05) is 6.54 Å². The summed E-state index contributed by atoms with van der Waals surface area (Å²) in [6.07, 6.45) is 2.30.